The van der Waals surface area contributed by atoms with Crippen molar-refractivity contribution >= 4 is 87.2 Å². The third kappa shape index (κ3) is 76.3. The van der Waals surface area contributed by atoms with Crippen LogP contribution >= 0.6 is 46.4 Å². The minimum Gasteiger partial charge on any atom is -0.449 e. The van der Waals surface area contributed by atoms with E-state index in [2.05, 4.69) is 110 Å². The Morgan fingerprint density at radius 3 is 1.15 bits per heavy atom. The molecule has 2 fully saturated rings. The maximum Gasteiger partial charge on any atom is 0.407 e. The van der Waals surface area contributed by atoms with Gasteiger partial charge in [-0.15, -0.1) is 23.2 Å². The fourth-order valence-electron chi connectivity index (χ4n) is 4.15. The van der Waals surface area contributed by atoms with Crippen LogP contribution in [0.15, 0.2) is 50.6 Å². The first-order chi connectivity index (χ1) is 34.1. The molecule has 73 heavy (non-hydrogen) atoms. The maximum atomic E-state index is 11.9. The van der Waals surface area contributed by atoms with Gasteiger partial charge in [-0.3, -0.25) is 19.3 Å². The highest BCUT2D eigenvalue weighted by Gasteiger charge is 2.29. The summed E-state index contributed by atoms with van der Waals surface area (Å²) in [5, 5.41) is 19.5. The van der Waals surface area contributed by atoms with Crippen LogP contribution in [0.4, 0.5) is 19.2 Å². The number of quaternary nitrogens is 1. The number of hydrogen-bond donors (Lipinski definition) is 8. The zero-order chi connectivity index (χ0) is 56.4. The van der Waals surface area contributed by atoms with Crippen LogP contribution < -0.4 is 43.8 Å². The number of likely N-dealkylation sites (N-methyl/N-ethyl adjacent to an activating group) is 4. The van der Waals surface area contributed by atoms with Gasteiger partial charge in [0.1, 0.15) is 32.3 Å². The molecule has 0 radical (unpaired) electrons. The Morgan fingerprint density at radius 2 is 0.877 bits per heavy atom. The zero-order valence-corrected chi connectivity index (χ0v) is 45.9. The van der Waals surface area contributed by atoms with Gasteiger partial charge in [-0.05, 0) is 32.7 Å². The number of carbonyl (C=O) groups excluding carboxylic acids is 7. The summed E-state index contributed by atoms with van der Waals surface area (Å²) >= 11 is 19.5. The number of nitrogens with zero attached hydrogens (tertiary/aromatic N) is 5. The number of nitrogens with one attached hydrogen (secondary N) is 5. The molecule has 0 bridgehead atoms. The minimum atomic E-state index is -0.792. The number of halogens is 4. The first-order valence-electron chi connectivity index (χ1n) is 22.2. The van der Waals surface area contributed by atoms with Crippen LogP contribution in [0.2, 0.25) is 0 Å². The smallest absolute Gasteiger partial charge is 0.407 e. The molecule has 2 rings (SSSR count). The molecule has 2 saturated heterocycles. The van der Waals surface area contributed by atoms with Crippen molar-refractivity contribution < 1.29 is 57.0 Å². The van der Waals surface area contributed by atoms with Crippen LogP contribution in [-0.2, 0) is 33.3 Å². The molecule has 2 heterocycles. The highest BCUT2D eigenvalue weighted by molar-refractivity contribution is 6.67. The minimum absolute atomic E-state index is 0. The van der Waals surface area contributed by atoms with E-state index < -0.39 is 29.0 Å². The van der Waals surface area contributed by atoms with Gasteiger partial charge in [0.15, 0.2) is 6.54 Å². The average Bonchev–Trinajstić information content (AvgIpc) is 3.36. The third-order valence-electron chi connectivity index (χ3n) is 7.85. The van der Waals surface area contributed by atoms with Crippen LogP contribution in [0.3, 0.4) is 0 Å². The lowest BCUT2D eigenvalue weighted by atomic mass is 10.2. The standard InChI is InChI=1S/C14H26N4O3.C8H13ClN2O3.C6H12N2O2.C6H14N2.C4H5ClO2.C2H2Cl2O.C2H8N2.C2H3N.CH4/c1-4-11-21-14(20)16-6-5-15-13(19)12-18(3)9-7-17(2)8-10-18;1-2-5-14-8(13)11-4-3-10-7(12)6-9;1-2-5-10-6(9)8-4-3-7;1-7-3-5-8(2)6-4-7;1-2-3-7-4(5)6;3-1-2(4)5;3-1-2-4;1-2-3;/h4H,1,5-12H2,2-3H3,(H-,15,16,19,20);2H,1,3-6H2,(H,10,12)(H,11,13);2H,1,3-5,7H2,(H,8,9);3-6H2,1-2H3;2H,1,3H2;1H2;1-4H2;1H3;1H4/p+1. The highest BCUT2D eigenvalue weighted by atomic mass is 35.5. The number of hydrogen-bond acceptors (Lipinski definition) is 18. The second-order valence-corrected chi connectivity index (χ2v) is 15.6. The highest BCUT2D eigenvalue weighted by Crippen LogP contribution is 2.08. The molecule has 5 amide bonds. The fourth-order valence-corrected chi connectivity index (χ4v) is 4.31. The van der Waals surface area contributed by atoms with Crippen LogP contribution in [0, 0.1) is 11.3 Å². The van der Waals surface area contributed by atoms with E-state index in [1.54, 1.807) is 6.07 Å². The van der Waals surface area contributed by atoms with Gasteiger partial charge >= 0.3 is 23.7 Å². The van der Waals surface area contributed by atoms with Gasteiger partial charge in [-0.2, -0.15) is 5.26 Å². The van der Waals surface area contributed by atoms with Crippen LogP contribution in [0.25, 0.3) is 0 Å². The molecule has 0 aromatic carbocycles. The average molecular weight is 1130 g/mol. The van der Waals surface area contributed by atoms with Crippen LogP contribution in [-0.4, -0.2) is 238 Å². The lowest BCUT2D eigenvalue weighted by molar-refractivity contribution is -0.906. The van der Waals surface area contributed by atoms with E-state index in [0.717, 1.165) is 30.7 Å². The molecule has 0 aromatic heterocycles. The molecule has 0 aromatic rings. The molecule has 0 aliphatic carbocycles. The quantitative estimate of drug-likeness (QED) is 0.0203. The van der Waals surface area contributed by atoms with Crippen molar-refractivity contribution in [3.05, 3.63) is 50.6 Å². The fraction of sp³-hybridized carbons (Fsp3) is 0.644. The van der Waals surface area contributed by atoms with Crippen molar-refractivity contribution in [1.82, 2.24) is 41.3 Å². The number of alkyl halides is 2. The number of rotatable bonds is 21. The Bertz CT molecular complexity index is 1480. The molecule has 0 unspecified atom stereocenters. The lowest BCUT2D eigenvalue weighted by Gasteiger charge is -2.40. The maximum absolute atomic E-state index is 11.9. The molecule has 2 aliphatic rings. The summed E-state index contributed by atoms with van der Waals surface area (Å²) in [5.74, 6) is -0.432. The number of piperazine rings is 2. The molecule has 28 heteroatoms. The van der Waals surface area contributed by atoms with Crippen molar-refractivity contribution in [3.8, 4) is 6.07 Å². The number of ether oxygens (including phenoxy) is 4. The van der Waals surface area contributed by atoms with Gasteiger partial charge in [0.25, 0.3) is 5.91 Å². The first-order valence-corrected chi connectivity index (χ1v) is 24.1. The monoisotopic (exact) mass is 1130 g/mol. The van der Waals surface area contributed by atoms with Gasteiger partial charge in [-0.1, -0.05) is 58.0 Å². The van der Waals surface area contributed by atoms with Gasteiger partial charge in [0.05, 0.1) is 32.1 Å². The number of nitrogens with two attached hydrogens (primary N) is 3. The van der Waals surface area contributed by atoms with Crippen molar-refractivity contribution in [2.24, 2.45) is 17.2 Å². The van der Waals surface area contributed by atoms with E-state index in [-0.39, 0.29) is 57.4 Å². The van der Waals surface area contributed by atoms with E-state index in [0.29, 0.717) is 58.9 Å². The normalized spacial score (nSPS) is 12.6. The topological polar surface area (TPSA) is 328 Å². The number of alkyl carbamates (subject to hydrolysis) is 3. The molecular weight excluding hydrogens is 1040 g/mol. The molecule has 0 spiro atoms. The summed E-state index contributed by atoms with van der Waals surface area (Å²) in [6.45, 7) is 28.6. The molecular formula is C45H88Cl4N13O11+. The summed E-state index contributed by atoms with van der Waals surface area (Å²) in [5.41, 5.74) is 14.1. The second-order valence-electron chi connectivity index (χ2n) is 14.3. The number of nitriles is 1. The van der Waals surface area contributed by atoms with E-state index in [9.17, 15) is 33.6 Å². The predicted molar refractivity (Wildman–Crippen MR) is 293 cm³/mol. The van der Waals surface area contributed by atoms with Crippen LogP contribution in [0.5, 0.6) is 0 Å². The molecule has 11 N–H and O–H groups in total. The first kappa shape index (κ1) is 82.2. The van der Waals surface area contributed by atoms with Gasteiger partial charge < -0.3 is 77.0 Å². The van der Waals surface area contributed by atoms with Crippen molar-refractivity contribution in [3.63, 3.8) is 0 Å². The summed E-state index contributed by atoms with van der Waals surface area (Å²) in [6, 6.07) is 1.75. The van der Waals surface area contributed by atoms with Gasteiger partial charge in [-0.25, -0.2) is 19.2 Å². The number of amides is 5. The van der Waals surface area contributed by atoms with Crippen molar-refractivity contribution in [1.29, 1.82) is 5.26 Å². The van der Waals surface area contributed by atoms with Crippen molar-refractivity contribution in [2.45, 2.75) is 14.4 Å². The molecule has 0 saturated carbocycles. The van der Waals surface area contributed by atoms with E-state index in [4.69, 9.17) is 73.6 Å². The second kappa shape index (κ2) is 63.3. The van der Waals surface area contributed by atoms with Gasteiger partial charge in [0.2, 0.25) is 11.1 Å². The lowest BCUT2D eigenvalue weighted by Crippen LogP contribution is -2.59. The number of carbonyl (C=O) groups is 7. The Hall–Kier alpha value is -4.78. The van der Waals surface area contributed by atoms with Crippen LogP contribution in [0.1, 0.15) is 14.4 Å². The molecule has 2 aliphatic heterocycles. The zero-order valence-electron chi connectivity index (χ0n) is 42.9. The largest absolute Gasteiger partial charge is 0.449 e. The van der Waals surface area contributed by atoms with E-state index in [1.165, 1.54) is 57.4 Å². The van der Waals surface area contributed by atoms with Crippen molar-refractivity contribution in [2.75, 3.05) is 178 Å². The van der Waals surface area contributed by atoms with Gasteiger partial charge in [0, 0.05) is 110 Å². The molecule has 24 nitrogen and oxygen atoms in total. The summed E-state index contributed by atoms with van der Waals surface area (Å²) < 4.78 is 18.9. The predicted octanol–water partition coefficient (Wildman–Crippen LogP) is 1.99. The Labute approximate surface area is 454 Å². The summed E-state index contributed by atoms with van der Waals surface area (Å²) in [6.07, 6.45) is 4.43. The van der Waals surface area contributed by atoms with E-state index in [1.807, 2.05) is 0 Å². The Kier molecular flexibility index (Phi) is 71.4. The summed E-state index contributed by atoms with van der Waals surface area (Å²) in [7, 11) is 8.55. The Morgan fingerprint density at radius 1 is 0.575 bits per heavy atom. The molecule has 426 valence electrons. The Balaban J connectivity index is -0.000000147. The van der Waals surface area contributed by atoms with E-state index >= 15 is 0 Å². The molecule has 0 atom stereocenters. The SMILES string of the molecule is C.C=CCOC(=O)Cl.C=CCOC(=O)NCCN.C=CCOC(=O)NCCNC(=O)CCl.C=CCOC(=O)NCCNC(=O)C[N+]1(C)CCN(C)CC1.CC#N.CN1CCN(C)CC1.NCCN.O=C(Cl)CCl. The summed E-state index contributed by atoms with van der Waals surface area (Å²) in [4.78, 5) is 81.2. The third-order valence-corrected chi connectivity index (χ3v) is 8.71.